The molecule has 4 nitrogen and oxygen atoms in total. The smallest absolute Gasteiger partial charge is 0.225 e. The van der Waals surface area contributed by atoms with E-state index in [4.69, 9.17) is 0 Å². The Morgan fingerprint density at radius 2 is 2.32 bits per heavy atom. The molecule has 5 heteroatoms. The largest absolute Gasteiger partial charge is 0.311 e. The zero-order valence-electron chi connectivity index (χ0n) is 11.3. The molecule has 0 saturated carbocycles. The van der Waals surface area contributed by atoms with Gasteiger partial charge in [0.15, 0.2) is 0 Å². The minimum Gasteiger partial charge on any atom is -0.311 e. The van der Waals surface area contributed by atoms with Gasteiger partial charge in [-0.2, -0.15) is 5.10 Å². The number of nitrogens with one attached hydrogen (secondary N) is 1. The number of hydrogen-bond donors (Lipinski definition) is 1. The number of carbonyl (C=O) groups is 1. The number of anilines is 1. The van der Waals surface area contributed by atoms with Crippen LogP contribution in [0, 0.1) is 0 Å². The fourth-order valence-corrected chi connectivity index (χ4v) is 2.66. The molecule has 0 bridgehead atoms. The summed E-state index contributed by atoms with van der Waals surface area (Å²) in [5.41, 5.74) is 0. The summed E-state index contributed by atoms with van der Waals surface area (Å²) in [7, 11) is 0. The van der Waals surface area contributed by atoms with Crippen molar-refractivity contribution in [3.8, 4) is 0 Å². The third-order valence-electron chi connectivity index (χ3n) is 2.83. The van der Waals surface area contributed by atoms with Gasteiger partial charge in [0, 0.05) is 23.4 Å². The highest BCUT2D eigenvalue weighted by atomic mass is 32.1. The first-order valence-corrected chi connectivity index (χ1v) is 7.40. The number of amides is 1. The molecule has 2 aromatic rings. The van der Waals surface area contributed by atoms with Crippen molar-refractivity contribution in [2.45, 2.75) is 39.2 Å². The SMILES string of the molecule is CC(C)n1nccc1NC(=O)CCCc1cccs1. The molecule has 0 aliphatic heterocycles. The number of rotatable bonds is 6. The maximum Gasteiger partial charge on any atom is 0.225 e. The van der Waals surface area contributed by atoms with Crippen molar-refractivity contribution in [2.75, 3.05) is 5.32 Å². The van der Waals surface area contributed by atoms with Crippen LogP contribution in [0.1, 0.15) is 37.6 Å². The van der Waals surface area contributed by atoms with Gasteiger partial charge in [0.2, 0.25) is 5.91 Å². The highest BCUT2D eigenvalue weighted by Crippen LogP contribution is 2.15. The Bertz CT molecular complexity index is 517. The average molecular weight is 277 g/mol. The second-order valence-electron chi connectivity index (χ2n) is 4.74. The van der Waals surface area contributed by atoms with Gasteiger partial charge in [-0.1, -0.05) is 6.07 Å². The Balaban J connectivity index is 1.79. The topological polar surface area (TPSA) is 46.9 Å². The Kier molecular flexibility index (Phi) is 4.74. The van der Waals surface area contributed by atoms with Crippen molar-refractivity contribution in [3.63, 3.8) is 0 Å². The van der Waals surface area contributed by atoms with Crippen LogP contribution < -0.4 is 5.32 Å². The van der Waals surface area contributed by atoms with Gasteiger partial charge in [0.25, 0.3) is 0 Å². The minimum atomic E-state index is 0.0546. The molecule has 0 saturated heterocycles. The summed E-state index contributed by atoms with van der Waals surface area (Å²) >= 11 is 1.74. The second-order valence-corrected chi connectivity index (χ2v) is 5.77. The van der Waals surface area contributed by atoms with Gasteiger partial charge in [-0.15, -0.1) is 11.3 Å². The lowest BCUT2D eigenvalue weighted by molar-refractivity contribution is -0.116. The monoisotopic (exact) mass is 277 g/mol. The van der Waals surface area contributed by atoms with Crippen molar-refractivity contribution in [3.05, 3.63) is 34.7 Å². The van der Waals surface area contributed by atoms with E-state index in [0.29, 0.717) is 6.42 Å². The molecule has 2 heterocycles. The van der Waals surface area contributed by atoms with E-state index >= 15 is 0 Å². The molecule has 0 aliphatic carbocycles. The molecule has 0 fully saturated rings. The Morgan fingerprint density at radius 1 is 1.47 bits per heavy atom. The standard InChI is InChI=1S/C14H19N3OS/c1-11(2)17-13(8-9-15-17)16-14(18)7-3-5-12-6-4-10-19-12/h4,6,8-11H,3,5,7H2,1-2H3,(H,16,18). The van der Waals surface area contributed by atoms with E-state index in [9.17, 15) is 4.79 Å². The van der Waals surface area contributed by atoms with E-state index in [1.807, 2.05) is 30.7 Å². The van der Waals surface area contributed by atoms with Gasteiger partial charge in [-0.25, -0.2) is 4.68 Å². The van der Waals surface area contributed by atoms with E-state index in [0.717, 1.165) is 18.7 Å². The highest BCUT2D eigenvalue weighted by molar-refractivity contribution is 7.09. The summed E-state index contributed by atoms with van der Waals surface area (Å²) in [6, 6.07) is 6.23. The molecule has 2 aromatic heterocycles. The van der Waals surface area contributed by atoms with E-state index in [-0.39, 0.29) is 11.9 Å². The molecule has 0 aliphatic rings. The average Bonchev–Trinajstić information content (AvgIpc) is 2.99. The Morgan fingerprint density at radius 3 is 3.00 bits per heavy atom. The predicted molar refractivity (Wildman–Crippen MR) is 78.5 cm³/mol. The lowest BCUT2D eigenvalue weighted by atomic mass is 10.2. The number of carbonyl (C=O) groups excluding carboxylic acids is 1. The zero-order valence-corrected chi connectivity index (χ0v) is 12.1. The molecule has 0 radical (unpaired) electrons. The summed E-state index contributed by atoms with van der Waals surface area (Å²) < 4.78 is 1.82. The van der Waals surface area contributed by atoms with Gasteiger partial charge < -0.3 is 5.32 Å². The molecular weight excluding hydrogens is 258 g/mol. The first kappa shape index (κ1) is 13.8. The fraction of sp³-hybridized carbons (Fsp3) is 0.429. The van der Waals surface area contributed by atoms with E-state index in [1.165, 1.54) is 4.88 Å². The maximum absolute atomic E-state index is 11.9. The predicted octanol–water partition coefficient (Wildman–Crippen LogP) is 3.49. The Hall–Kier alpha value is -1.62. The lowest BCUT2D eigenvalue weighted by Gasteiger charge is -2.11. The van der Waals surface area contributed by atoms with Gasteiger partial charge in [0.05, 0.1) is 6.20 Å². The molecule has 102 valence electrons. The third-order valence-corrected chi connectivity index (χ3v) is 3.77. The van der Waals surface area contributed by atoms with Crippen LogP contribution >= 0.6 is 11.3 Å². The van der Waals surface area contributed by atoms with Crippen LogP contribution in [0.25, 0.3) is 0 Å². The maximum atomic E-state index is 11.9. The highest BCUT2D eigenvalue weighted by Gasteiger charge is 2.09. The molecule has 1 amide bonds. The van der Waals surface area contributed by atoms with Crippen LogP contribution in [0.3, 0.4) is 0 Å². The van der Waals surface area contributed by atoms with Crippen molar-refractivity contribution in [1.29, 1.82) is 0 Å². The van der Waals surface area contributed by atoms with Gasteiger partial charge in [-0.05, 0) is 38.1 Å². The number of aromatic nitrogens is 2. The first-order valence-electron chi connectivity index (χ1n) is 6.52. The van der Waals surface area contributed by atoms with Crippen LogP contribution in [0.5, 0.6) is 0 Å². The minimum absolute atomic E-state index is 0.0546. The summed E-state index contributed by atoms with van der Waals surface area (Å²) in [6.07, 6.45) is 4.10. The molecule has 2 rings (SSSR count). The van der Waals surface area contributed by atoms with E-state index in [1.54, 1.807) is 17.5 Å². The van der Waals surface area contributed by atoms with Crippen molar-refractivity contribution >= 4 is 23.1 Å². The van der Waals surface area contributed by atoms with Gasteiger partial charge in [0.1, 0.15) is 5.82 Å². The van der Waals surface area contributed by atoms with Gasteiger partial charge in [-0.3, -0.25) is 4.79 Å². The number of nitrogens with zero attached hydrogens (tertiary/aromatic N) is 2. The van der Waals surface area contributed by atoms with Crippen LogP contribution in [0.15, 0.2) is 29.8 Å². The molecule has 0 atom stereocenters. The van der Waals surface area contributed by atoms with Gasteiger partial charge >= 0.3 is 0 Å². The van der Waals surface area contributed by atoms with Crippen LogP contribution in [-0.4, -0.2) is 15.7 Å². The molecule has 1 N–H and O–H groups in total. The molecule has 0 unspecified atom stereocenters. The summed E-state index contributed by atoms with van der Waals surface area (Å²) in [5.74, 6) is 0.829. The van der Waals surface area contributed by atoms with Crippen molar-refractivity contribution in [1.82, 2.24) is 9.78 Å². The van der Waals surface area contributed by atoms with Crippen LogP contribution in [-0.2, 0) is 11.2 Å². The fourth-order valence-electron chi connectivity index (χ4n) is 1.91. The summed E-state index contributed by atoms with van der Waals surface area (Å²) in [4.78, 5) is 13.2. The molecular formula is C14H19N3OS. The van der Waals surface area contributed by atoms with E-state index in [2.05, 4.69) is 21.9 Å². The number of hydrogen-bond acceptors (Lipinski definition) is 3. The molecule has 0 spiro atoms. The Labute approximate surface area is 117 Å². The number of aryl methyl sites for hydroxylation is 1. The van der Waals surface area contributed by atoms with Crippen LogP contribution in [0.4, 0.5) is 5.82 Å². The molecule has 19 heavy (non-hydrogen) atoms. The zero-order chi connectivity index (χ0) is 13.7. The first-order chi connectivity index (χ1) is 9.16. The lowest BCUT2D eigenvalue weighted by Crippen LogP contribution is -2.16. The normalized spacial score (nSPS) is 10.9. The third kappa shape index (κ3) is 3.92. The molecule has 0 aromatic carbocycles. The van der Waals surface area contributed by atoms with Crippen molar-refractivity contribution < 1.29 is 4.79 Å². The second kappa shape index (κ2) is 6.52. The van der Waals surface area contributed by atoms with Crippen molar-refractivity contribution in [2.24, 2.45) is 0 Å². The quantitative estimate of drug-likeness (QED) is 0.878. The summed E-state index contributed by atoms with van der Waals surface area (Å²) in [5, 5.41) is 9.18. The number of thiophene rings is 1. The van der Waals surface area contributed by atoms with E-state index < -0.39 is 0 Å². The summed E-state index contributed by atoms with van der Waals surface area (Å²) in [6.45, 7) is 4.08. The van der Waals surface area contributed by atoms with Crippen LogP contribution in [0.2, 0.25) is 0 Å².